The van der Waals surface area contributed by atoms with Crippen LogP contribution in [0.15, 0.2) is 18.2 Å². The van der Waals surface area contributed by atoms with Gasteiger partial charge < -0.3 is 14.5 Å². The molecule has 0 aromatic heterocycles. The Morgan fingerprint density at radius 2 is 2.33 bits per heavy atom. The van der Waals surface area contributed by atoms with Gasteiger partial charge in [-0.1, -0.05) is 0 Å². The molecule has 0 saturated carbocycles. The second kappa shape index (κ2) is 4.08. The number of nitrogens with two attached hydrogens (primary N) is 1. The highest BCUT2D eigenvalue weighted by Gasteiger charge is 2.26. The highest BCUT2D eigenvalue weighted by atomic mass is 16.6. The van der Waals surface area contributed by atoms with E-state index >= 15 is 0 Å². The van der Waals surface area contributed by atoms with Crippen LogP contribution in [0.25, 0.3) is 0 Å². The number of rotatable bonds is 3. The summed E-state index contributed by atoms with van der Waals surface area (Å²) in [5.41, 5.74) is 2.49. The number of nitrogens with zero attached hydrogens (tertiary/aromatic N) is 1. The number of likely N-dealkylation sites (N-methyl/N-ethyl adjacent to an activating group) is 1. The molecule has 4 heteroatoms. The Hall–Kier alpha value is -1.26. The van der Waals surface area contributed by atoms with Gasteiger partial charge in [-0.15, -0.1) is 0 Å². The quantitative estimate of drug-likeness (QED) is 0.756. The molecule has 0 amide bonds. The molecule has 1 aromatic rings. The minimum atomic E-state index is 0.338. The summed E-state index contributed by atoms with van der Waals surface area (Å²) in [7, 11) is 3.75. The molecule has 15 heavy (non-hydrogen) atoms. The van der Waals surface area contributed by atoms with Gasteiger partial charge in [-0.25, -0.2) is 5.90 Å². The minimum absolute atomic E-state index is 0.338. The molecule has 0 saturated heterocycles. The van der Waals surface area contributed by atoms with E-state index in [9.17, 15) is 0 Å². The third-order valence-corrected chi connectivity index (χ3v) is 2.88. The Morgan fingerprint density at radius 1 is 1.53 bits per heavy atom. The van der Waals surface area contributed by atoms with Gasteiger partial charge in [0.15, 0.2) is 0 Å². The van der Waals surface area contributed by atoms with Crippen molar-refractivity contribution in [1.29, 1.82) is 0 Å². The maximum atomic E-state index is 5.21. The van der Waals surface area contributed by atoms with Crippen molar-refractivity contribution in [3.63, 3.8) is 0 Å². The first-order chi connectivity index (χ1) is 7.26. The molecule has 0 radical (unpaired) electrons. The fourth-order valence-electron chi connectivity index (χ4n) is 2.12. The topological polar surface area (TPSA) is 47.7 Å². The second-order valence-corrected chi connectivity index (χ2v) is 3.84. The first-order valence-electron chi connectivity index (χ1n) is 4.97. The predicted molar refractivity (Wildman–Crippen MR) is 59.1 cm³/mol. The smallest absolute Gasteiger partial charge is 0.119 e. The summed E-state index contributed by atoms with van der Waals surface area (Å²) >= 11 is 0. The summed E-state index contributed by atoms with van der Waals surface area (Å²) in [6, 6.07) is 6.11. The molecular formula is C11H16N2O2. The third kappa shape index (κ3) is 1.78. The molecule has 82 valence electrons. The van der Waals surface area contributed by atoms with Crippen LogP contribution in [0.3, 0.4) is 0 Å². The van der Waals surface area contributed by atoms with Gasteiger partial charge in [0, 0.05) is 25.2 Å². The van der Waals surface area contributed by atoms with E-state index in [4.69, 9.17) is 15.5 Å². The molecule has 1 aliphatic heterocycles. The largest absolute Gasteiger partial charge is 0.497 e. The van der Waals surface area contributed by atoms with Crippen molar-refractivity contribution in [2.45, 2.75) is 5.92 Å². The van der Waals surface area contributed by atoms with Crippen LogP contribution >= 0.6 is 0 Å². The molecule has 2 N–H and O–H groups in total. The van der Waals surface area contributed by atoms with Gasteiger partial charge in [0.2, 0.25) is 0 Å². The molecule has 1 aliphatic rings. The molecule has 1 unspecified atom stereocenters. The van der Waals surface area contributed by atoms with Crippen LogP contribution in [-0.4, -0.2) is 27.3 Å². The molecule has 0 spiro atoms. The number of hydrogen-bond donors (Lipinski definition) is 1. The van der Waals surface area contributed by atoms with Crippen molar-refractivity contribution in [2.24, 2.45) is 5.90 Å². The molecule has 2 rings (SSSR count). The van der Waals surface area contributed by atoms with E-state index in [-0.39, 0.29) is 0 Å². The highest BCUT2D eigenvalue weighted by Crippen LogP contribution is 2.37. The van der Waals surface area contributed by atoms with Gasteiger partial charge in [-0.3, -0.25) is 0 Å². The van der Waals surface area contributed by atoms with Crippen LogP contribution in [-0.2, 0) is 4.84 Å². The lowest BCUT2D eigenvalue weighted by Crippen LogP contribution is -2.19. The number of anilines is 1. The van der Waals surface area contributed by atoms with Crippen molar-refractivity contribution >= 4 is 5.69 Å². The normalized spacial score (nSPS) is 19.1. The lowest BCUT2D eigenvalue weighted by molar-refractivity contribution is 0.126. The Kier molecular flexibility index (Phi) is 2.79. The Balaban J connectivity index is 2.34. The van der Waals surface area contributed by atoms with E-state index in [0.717, 1.165) is 12.3 Å². The summed E-state index contributed by atoms with van der Waals surface area (Å²) in [5.74, 6) is 6.35. The van der Waals surface area contributed by atoms with Crippen LogP contribution in [0.5, 0.6) is 5.75 Å². The maximum Gasteiger partial charge on any atom is 0.119 e. The minimum Gasteiger partial charge on any atom is -0.497 e. The van der Waals surface area contributed by atoms with E-state index in [1.165, 1.54) is 11.3 Å². The SMILES string of the molecule is COc1ccc2c(c1)C(CON)CN2C. The molecule has 0 aliphatic carbocycles. The Morgan fingerprint density at radius 3 is 3.00 bits per heavy atom. The average molecular weight is 208 g/mol. The van der Waals surface area contributed by atoms with Gasteiger partial charge in [-0.2, -0.15) is 0 Å². The lowest BCUT2D eigenvalue weighted by atomic mass is 10.0. The zero-order valence-corrected chi connectivity index (χ0v) is 9.06. The number of methoxy groups -OCH3 is 1. The average Bonchev–Trinajstić information content (AvgIpc) is 2.56. The van der Waals surface area contributed by atoms with Crippen molar-refractivity contribution in [3.8, 4) is 5.75 Å². The number of benzene rings is 1. The molecule has 1 aromatic carbocycles. The van der Waals surface area contributed by atoms with Crippen LogP contribution in [0.4, 0.5) is 5.69 Å². The van der Waals surface area contributed by atoms with Gasteiger partial charge in [-0.05, 0) is 23.8 Å². The summed E-state index contributed by atoms with van der Waals surface area (Å²) < 4.78 is 5.21. The number of fused-ring (bicyclic) bond motifs is 1. The third-order valence-electron chi connectivity index (χ3n) is 2.88. The van der Waals surface area contributed by atoms with Crippen LogP contribution < -0.4 is 15.5 Å². The lowest BCUT2D eigenvalue weighted by Gasteiger charge is -2.11. The van der Waals surface area contributed by atoms with Gasteiger partial charge in [0.1, 0.15) is 5.75 Å². The highest BCUT2D eigenvalue weighted by molar-refractivity contribution is 5.61. The molecule has 1 atom stereocenters. The van der Waals surface area contributed by atoms with Crippen molar-refractivity contribution < 1.29 is 9.57 Å². The van der Waals surface area contributed by atoms with Gasteiger partial charge >= 0.3 is 0 Å². The van der Waals surface area contributed by atoms with Gasteiger partial charge in [0.05, 0.1) is 13.7 Å². The maximum absolute atomic E-state index is 5.21. The van der Waals surface area contributed by atoms with Crippen LogP contribution in [0.2, 0.25) is 0 Å². The Labute approximate surface area is 89.5 Å². The number of ether oxygens (including phenoxy) is 1. The molecule has 1 heterocycles. The molecule has 0 fully saturated rings. The van der Waals surface area contributed by atoms with E-state index in [2.05, 4.69) is 24.1 Å². The zero-order chi connectivity index (χ0) is 10.8. The van der Waals surface area contributed by atoms with Gasteiger partial charge in [0.25, 0.3) is 0 Å². The van der Waals surface area contributed by atoms with E-state index in [1.807, 2.05) is 6.07 Å². The summed E-state index contributed by atoms with van der Waals surface area (Å²) in [6.07, 6.45) is 0. The zero-order valence-electron chi connectivity index (χ0n) is 9.06. The second-order valence-electron chi connectivity index (χ2n) is 3.84. The van der Waals surface area contributed by atoms with Crippen LogP contribution in [0.1, 0.15) is 11.5 Å². The fraction of sp³-hybridized carbons (Fsp3) is 0.455. The summed E-state index contributed by atoms with van der Waals surface area (Å²) in [5, 5.41) is 0. The molecule has 4 nitrogen and oxygen atoms in total. The predicted octanol–water partition coefficient (Wildman–Crippen LogP) is 1.12. The summed E-state index contributed by atoms with van der Waals surface area (Å²) in [4.78, 5) is 6.94. The van der Waals surface area contributed by atoms with E-state index in [0.29, 0.717) is 12.5 Å². The van der Waals surface area contributed by atoms with Crippen molar-refractivity contribution in [1.82, 2.24) is 0 Å². The first-order valence-corrected chi connectivity index (χ1v) is 4.97. The monoisotopic (exact) mass is 208 g/mol. The summed E-state index contributed by atoms with van der Waals surface area (Å²) in [6.45, 7) is 1.49. The standard InChI is InChI=1S/C11H16N2O2/c1-13-6-8(7-15-12)10-5-9(14-2)3-4-11(10)13/h3-5,8H,6-7,12H2,1-2H3. The van der Waals surface area contributed by atoms with Crippen molar-refractivity contribution in [2.75, 3.05) is 32.2 Å². The van der Waals surface area contributed by atoms with E-state index < -0.39 is 0 Å². The molecule has 0 bridgehead atoms. The van der Waals surface area contributed by atoms with Crippen LogP contribution in [0, 0.1) is 0 Å². The van der Waals surface area contributed by atoms with Crippen molar-refractivity contribution in [3.05, 3.63) is 23.8 Å². The van der Waals surface area contributed by atoms with E-state index in [1.54, 1.807) is 7.11 Å². The Bertz CT molecular complexity index is 354. The molecular weight excluding hydrogens is 192 g/mol. The number of hydrogen-bond acceptors (Lipinski definition) is 4. The fourth-order valence-corrected chi connectivity index (χ4v) is 2.12. The first kappa shape index (κ1) is 10.3.